The molecule has 2 N–H and O–H groups in total. The van der Waals surface area contributed by atoms with Gasteiger partial charge in [0.2, 0.25) is 11.6 Å². The summed E-state index contributed by atoms with van der Waals surface area (Å²) in [5, 5.41) is 15.8. The largest absolute Gasteiger partial charge is 0.378 e. The van der Waals surface area contributed by atoms with Crippen molar-refractivity contribution in [2.45, 2.75) is 32.2 Å². The quantitative estimate of drug-likeness (QED) is 0.603. The lowest BCUT2D eigenvalue weighted by Crippen LogP contribution is -2.33. The number of likely N-dealkylation sites (N-methyl/N-ethyl adjacent to an activating group) is 1. The first-order valence-electron chi connectivity index (χ1n) is 10.0. The number of hydrogen-bond donors (Lipinski definition) is 1. The Labute approximate surface area is 173 Å². The van der Waals surface area contributed by atoms with Gasteiger partial charge in [0.1, 0.15) is 0 Å². The number of piperidine rings is 1. The fourth-order valence-corrected chi connectivity index (χ4v) is 3.58. The van der Waals surface area contributed by atoms with Gasteiger partial charge >= 0.3 is 0 Å². The number of nitrogens with two attached hydrogens (primary N) is 1. The molecule has 1 aliphatic rings. The zero-order chi connectivity index (χ0) is 20.9. The third-order valence-corrected chi connectivity index (χ3v) is 5.32. The van der Waals surface area contributed by atoms with E-state index in [0.29, 0.717) is 24.5 Å². The molecular weight excluding hydrogens is 386 g/mol. The molecule has 0 radical (unpaired) electrons. The fraction of sp³-hybridized carbons (Fsp3) is 0.474. The number of anilines is 1. The highest BCUT2D eigenvalue weighted by Crippen LogP contribution is 2.20. The molecule has 1 saturated heterocycles. The highest BCUT2D eigenvalue weighted by molar-refractivity contribution is 5.93. The average Bonchev–Trinajstić information content (AvgIpc) is 3.38. The van der Waals surface area contributed by atoms with Gasteiger partial charge in [-0.2, -0.15) is 4.68 Å². The number of likely N-dealkylation sites (tertiary alicyclic amines) is 1. The minimum absolute atomic E-state index is 0.102. The molecule has 0 unspecified atom stereocenters. The Bertz CT molecular complexity index is 979. The normalized spacial score (nSPS) is 14.7. The Balaban J connectivity index is 1.57. The number of amides is 1. The lowest BCUT2D eigenvalue weighted by atomic mass is 10.1. The summed E-state index contributed by atoms with van der Waals surface area (Å²) in [5.41, 5.74) is 7.91. The summed E-state index contributed by atoms with van der Waals surface area (Å²) in [6.45, 7) is 3.00. The Kier molecular flexibility index (Phi) is 5.98. The maximum absolute atomic E-state index is 13.2. The van der Waals surface area contributed by atoms with Crippen LogP contribution in [0.3, 0.4) is 0 Å². The molecule has 0 atom stereocenters. The van der Waals surface area contributed by atoms with Crippen molar-refractivity contribution in [2.24, 2.45) is 0 Å². The van der Waals surface area contributed by atoms with Crippen LogP contribution in [0.4, 0.5) is 5.82 Å². The molecule has 0 spiro atoms. The predicted molar refractivity (Wildman–Crippen MR) is 108 cm³/mol. The second-order valence-electron chi connectivity index (χ2n) is 7.44. The summed E-state index contributed by atoms with van der Waals surface area (Å²) in [4.78, 5) is 21.1. The lowest BCUT2D eigenvalue weighted by Gasteiger charge is -2.26. The highest BCUT2D eigenvalue weighted by Gasteiger charge is 2.27. The van der Waals surface area contributed by atoms with E-state index in [1.165, 1.54) is 11.1 Å². The molecule has 3 aromatic rings. The van der Waals surface area contributed by atoms with E-state index in [2.05, 4.69) is 30.5 Å². The second kappa shape index (κ2) is 8.99. The predicted octanol–water partition coefficient (Wildman–Crippen LogP) is 0.928. The molecule has 0 saturated carbocycles. The Hall–Kier alpha value is -3.34. The number of hydrogen-bond acceptors (Lipinski definition) is 9. The van der Waals surface area contributed by atoms with E-state index in [1.54, 1.807) is 24.3 Å². The fourth-order valence-electron chi connectivity index (χ4n) is 3.58. The van der Waals surface area contributed by atoms with Gasteiger partial charge < -0.3 is 10.6 Å². The van der Waals surface area contributed by atoms with Gasteiger partial charge in [0, 0.05) is 32.5 Å². The Morgan fingerprint density at radius 1 is 1.20 bits per heavy atom. The number of pyridine rings is 1. The van der Waals surface area contributed by atoms with E-state index < -0.39 is 0 Å². The number of nitrogen functional groups attached to an aromatic ring is 1. The average molecular weight is 411 g/mol. The van der Waals surface area contributed by atoms with Crippen molar-refractivity contribution in [3.63, 3.8) is 0 Å². The first-order chi connectivity index (χ1) is 14.6. The number of rotatable bonds is 7. The van der Waals surface area contributed by atoms with Gasteiger partial charge in [-0.1, -0.05) is 11.6 Å². The van der Waals surface area contributed by atoms with Crippen molar-refractivity contribution in [3.8, 4) is 5.82 Å². The topological polar surface area (TPSA) is 132 Å². The summed E-state index contributed by atoms with van der Waals surface area (Å²) in [7, 11) is 1.76. The van der Waals surface area contributed by atoms with E-state index in [-0.39, 0.29) is 17.5 Å². The van der Waals surface area contributed by atoms with Crippen LogP contribution in [0.5, 0.6) is 0 Å². The van der Waals surface area contributed by atoms with Gasteiger partial charge in [-0.25, -0.2) is 4.63 Å². The first kappa shape index (κ1) is 20.0. The summed E-state index contributed by atoms with van der Waals surface area (Å²) in [5.74, 6) is 0.148. The summed E-state index contributed by atoms with van der Waals surface area (Å²) in [6.07, 6.45) is 7.69. The van der Waals surface area contributed by atoms with E-state index >= 15 is 0 Å². The van der Waals surface area contributed by atoms with E-state index in [0.717, 1.165) is 37.9 Å². The van der Waals surface area contributed by atoms with Gasteiger partial charge in [0.05, 0.1) is 5.69 Å². The van der Waals surface area contributed by atoms with Gasteiger partial charge in [0.15, 0.2) is 5.69 Å². The summed E-state index contributed by atoms with van der Waals surface area (Å²) in [6, 6.07) is 3.88. The van der Waals surface area contributed by atoms with Crippen LogP contribution in [0.2, 0.25) is 0 Å². The molecule has 11 nitrogen and oxygen atoms in total. The molecule has 3 aromatic heterocycles. The van der Waals surface area contributed by atoms with Crippen molar-refractivity contribution >= 4 is 11.7 Å². The Morgan fingerprint density at radius 2 is 1.97 bits per heavy atom. The van der Waals surface area contributed by atoms with Crippen molar-refractivity contribution in [3.05, 3.63) is 41.5 Å². The third-order valence-electron chi connectivity index (χ3n) is 5.32. The first-order valence-corrected chi connectivity index (χ1v) is 10.0. The van der Waals surface area contributed by atoms with Crippen molar-refractivity contribution in [1.29, 1.82) is 0 Å². The molecule has 158 valence electrons. The molecule has 4 heterocycles. The van der Waals surface area contributed by atoms with Gasteiger partial charge in [0.25, 0.3) is 5.91 Å². The van der Waals surface area contributed by atoms with Crippen molar-refractivity contribution in [2.75, 3.05) is 32.4 Å². The van der Waals surface area contributed by atoms with Gasteiger partial charge in [-0.05, 0) is 60.4 Å². The zero-order valence-electron chi connectivity index (χ0n) is 16.9. The minimum Gasteiger partial charge on any atom is -0.378 e. The lowest BCUT2D eigenvalue weighted by molar-refractivity contribution is 0.0788. The van der Waals surface area contributed by atoms with E-state index in [1.807, 2.05) is 12.1 Å². The highest BCUT2D eigenvalue weighted by atomic mass is 16.6. The number of carbonyl (C=O) groups is 1. The van der Waals surface area contributed by atoms with Crippen LogP contribution in [0.15, 0.2) is 29.2 Å². The van der Waals surface area contributed by atoms with Crippen LogP contribution in [0, 0.1) is 0 Å². The van der Waals surface area contributed by atoms with Crippen molar-refractivity contribution < 1.29 is 9.42 Å². The van der Waals surface area contributed by atoms with Crippen LogP contribution in [-0.4, -0.2) is 72.7 Å². The smallest absolute Gasteiger partial charge is 0.276 e. The molecule has 1 aliphatic heterocycles. The van der Waals surface area contributed by atoms with Gasteiger partial charge in [-0.3, -0.25) is 14.7 Å². The molecule has 0 aromatic carbocycles. The van der Waals surface area contributed by atoms with E-state index in [4.69, 9.17) is 10.4 Å². The molecule has 11 heteroatoms. The maximum atomic E-state index is 13.2. The summed E-state index contributed by atoms with van der Waals surface area (Å²) >= 11 is 0. The monoisotopic (exact) mass is 411 g/mol. The van der Waals surface area contributed by atoms with Crippen LogP contribution in [0.25, 0.3) is 5.82 Å². The van der Waals surface area contributed by atoms with Crippen LogP contribution in [-0.2, 0) is 13.0 Å². The number of nitrogens with zero attached hydrogens (tertiary/aromatic N) is 8. The summed E-state index contributed by atoms with van der Waals surface area (Å²) < 4.78 is 6.18. The van der Waals surface area contributed by atoms with Crippen molar-refractivity contribution in [1.82, 2.24) is 40.1 Å². The SMILES string of the molecule is CN(CCc1ccncc1)C(=O)c1nnn(-c2nonc2N)c1CN1CCCCC1. The third kappa shape index (κ3) is 4.30. The minimum atomic E-state index is -0.197. The maximum Gasteiger partial charge on any atom is 0.276 e. The second-order valence-corrected chi connectivity index (χ2v) is 7.44. The molecule has 4 rings (SSSR count). The van der Waals surface area contributed by atoms with Gasteiger partial charge in [-0.15, -0.1) is 5.10 Å². The van der Waals surface area contributed by atoms with Crippen LogP contribution >= 0.6 is 0 Å². The zero-order valence-corrected chi connectivity index (χ0v) is 16.9. The molecule has 0 bridgehead atoms. The molecular formula is C19H25N9O2. The molecule has 1 amide bonds. The van der Waals surface area contributed by atoms with Crippen LogP contribution < -0.4 is 5.73 Å². The number of carbonyl (C=O) groups excluding carboxylic acids is 1. The molecule has 30 heavy (non-hydrogen) atoms. The Morgan fingerprint density at radius 3 is 2.67 bits per heavy atom. The van der Waals surface area contributed by atoms with Crippen LogP contribution in [0.1, 0.15) is 41.0 Å². The van der Waals surface area contributed by atoms with E-state index in [9.17, 15) is 4.79 Å². The number of aromatic nitrogens is 6. The standard InChI is InChI=1S/C19H25N9O2/c1-26(12-7-14-5-8-21-9-6-14)19(29)16-15(13-27-10-3-2-4-11-27)28(25-22-16)18-17(20)23-30-24-18/h5-6,8-9H,2-4,7,10-13H2,1H3,(H2,20,23). The molecule has 1 fully saturated rings. The molecule has 0 aliphatic carbocycles.